The molecule has 0 amide bonds. The average molecular weight is 188 g/mol. The fourth-order valence-corrected chi connectivity index (χ4v) is 1.31. The molecule has 1 aromatic heterocycles. The largest absolute Gasteiger partial charge is 0.396 e. The molecule has 2 nitrogen and oxygen atoms in total. The van der Waals surface area contributed by atoms with Crippen LogP contribution in [0.1, 0.15) is 0 Å². The van der Waals surface area contributed by atoms with Gasteiger partial charge >= 0.3 is 0 Å². The molecule has 2 aromatic rings. The molecule has 0 radical (unpaired) electrons. The van der Waals surface area contributed by atoms with Crippen molar-refractivity contribution in [3.05, 3.63) is 48.5 Å². The van der Waals surface area contributed by atoms with Crippen molar-refractivity contribution in [3.63, 3.8) is 0 Å². The standard InChI is InChI=1S/C11H9FN2/c12-10-5-1-4-9(11(10)13)8-3-2-6-14-7-8/h1-7H,13H2. The maximum absolute atomic E-state index is 13.1. The van der Waals surface area contributed by atoms with Crippen LogP contribution in [0.2, 0.25) is 0 Å². The molecule has 0 saturated carbocycles. The van der Waals surface area contributed by atoms with Crippen LogP contribution in [0.5, 0.6) is 0 Å². The molecule has 1 heterocycles. The van der Waals surface area contributed by atoms with Crippen molar-refractivity contribution in [2.24, 2.45) is 0 Å². The molecule has 0 atom stereocenters. The lowest BCUT2D eigenvalue weighted by molar-refractivity contribution is 0.633. The fourth-order valence-electron chi connectivity index (χ4n) is 1.31. The number of halogens is 1. The normalized spacial score (nSPS) is 10.1. The quantitative estimate of drug-likeness (QED) is 0.698. The summed E-state index contributed by atoms with van der Waals surface area (Å²) in [4.78, 5) is 3.95. The fraction of sp³-hybridized carbons (Fsp3) is 0. The van der Waals surface area contributed by atoms with E-state index in [1.54, 1.807) is 30.6 Å². The van der Waals surface area contributed by atoms with E-state index in [2.05, 4.69) is 4.98 Å². The molecule has 14 heavy (non-hydrogen) atoms. The highest BCUT2D eigenvalue weighted by Crippen LogP contribution is 2.26. The van der Waals surface area contributed by atoms with Gasteiger partial charge in [0.25, 0.3) is 0 Å². The van der Waals surface area contributed by atoms with E-state index < -0.39 is 5.82 Å². The van der Waals surface area contributed by atoms with E-state index in [0.29, 0.717) is 5.56 Å². The van der Waals surface area contributed by atoms with Gasteiger partial charge in [0.2, 0.25) is 0 Å². The number of benzene rings is 1. The Morgan fingerprint density at radius 1 is 1.14 bits per heavy atom. The van der Waals surface area contributed by atoms with Gasteiger partial charge in [0.1, 0.15) is 5.82 Å². The van der Waals surface area contributed by atoms with Crippen molar-refractivity contribution in [3.8, 4) is 11.1 Å². The van der Waals surface area contributed by atoms with Gasteiger partial charge in [-0.25, -0.2) is 4.39 Å². The summed E-state index contributed by atoms with van der Waals surface area (Å²) in [5.41, 5.74) is 7.28. The van der Waals surface area contributed by atoms with E-state index in [1.807, 2.05) is 6.07 Å². The van der Waals surface area contributed by atoms with Crippen molar-refractivity contribution in [1.82, 2.24) is 4.98 Å². The van der Waals surface area contributed by atoms with Crippen LogP contribution in [-0.4, -0.2) is 4.98 Å². The number of rotatable bonds is 1. The zero-order valence-electron chi connectivity index (χ0n) is 7.44. The molecule has 0 spiro atoms. The van der Waals surface area contributed by atoms with Gasteiger partial charge in [-0.05, 0) is 12.1 Å². The number of nitrogens with two attached hydrogens (primary N) is 1. The minimum atomic E-state index is -0.397. The molecule has 70 valence electrons. The Labute approximate surface area is 81.2 Å². The highest BCUT2D eigenvalue weighted by molar-refractivity contribution is 5.75. The summed E-state index contributed by atoms with van der Waals surface area (Å²) in [6.07, 6.45) is 3.32. The molecule has 0 saturated heterocycles. The van der Waals surface area contributed by atoms with E-state index in [9.17, 15) is 4.39 Å². The highest BCUT2D eigenvalue weighted by Gasteiger charge is 2.05. The average Bonchev–Trinajstić information content (AvgIpc) is 2.23. The Bertz CT molecular complexity index is 440. The van der Waals surface area contributed by atoms with E-state index in [0.717, 1.165) is 5.56 Å². The Hall–Kier alpha value is -1.90. The van der Waals surface area contributed by atoms with E-state index in [1.165, 1.54) is 6.07 Å². The van der Waals surface area contributed by atoms with Gasteiger partial charge in [0, 0.05) is 23.5 Å². The zero-order valence-corrected chi connectivity index (χ0v) is 7.44. The lowest BCUT2D eigenvalue weighted by atomic mass is 10.1. The number of anilines is 1. The molecule has 2 rings (SSSR count). The molecule has 3 heteroatoms. The summed E-state index contributed by atoms with van der Waals surface area (Å²) in [6, 6.07) is 8.39. The minimum Gasteiger partial charge on any atom is -0.396 e. The van der Waals surface area contributed by atoms with Gasteiger partial charge in [0.05, 0.1) is 5.69 Å². The number of nitrogen functional groups attached to an aromatic ring is 1. The van der Waals surface area contributed by atoms with Crippen LogP contribution in [0.25, 0.3) is 11.1 Å². The van der Waals surface area contributed by atoms with Crippen molar-refractivity contribution >= 4 is 5.69 Å². The molecule has 2 N–H and O–H groups in total. The topological polar surface area (TPSA) is 38.9 Å². The second kappa shape index (κ2) is 3.46. The van der Waals surface area contributed by atoms with Gasteiger partial charge in [-0.1, -0.05) is 18.2 Å². The van der Waals surface area contributed by atoms with Gasteiger partial charge in [-0.3, -0.25) is 4.98 Å². The number of nitrogens with zero attached hydrogens (tertiary/aromatic N) is 1. The maximum Gasteiger partial charge on any atom is 0.146 e. The molecular weight excluding hydrogens is 179 g/mol. The Morgan fingerprint density at radius 3 is 2.71 bits per heavy atom. The third-order valence-corrected chi connectivity index (χ3v) is 2.03. The monoisotopic (exact) mass is 188 g/mol. The maximum atomic E-state index is 13.1. The predicted octanol–water partition coefficient (Wildman–Crippen LogP) is 2.47. The number of pyridine rings is 1. The van der Waals surface area contributed by atoms with E-state index in [4.69, 9.17) is 5.73 Å². The Morgan fingerprint density at radius 2 is 2.00 bits per heavy atom. The van der Waals surface area contributed by atoms with E-state index in [-0.39, 0.29) is 5.69 Å². The summed E-state index contributed by atoms with van der Waals surface area (Å²) in [5, 5.41) is 0. The number of hydrogen-bond donors (Lipinski definition) is 1. The molecule has 0 aliphatic heterocycles. The zero-order chi connectivity index (χ0) is 9.97. The number of aromatic nitrogens is 1. The molecule has 0 aliphatic rings. The van der Waals surface area contributed by atoms with Crippen molar-refractivity contribution in [2.45, 2.75) is 0 Å². The van der Waals surface area contributed by atoms with Crippen LogP contribution in [0, 0.1) is 5.82 Å². The first-order valence-corrected chi connectivity index (χ1v) is 4.23. The van der Waals surface area contributed by atoms with Gasteiger partial charge in [0.15, 0.2) is 0 Å². The third kappa shape index (κ3) is 1.44. The highest BCUT2D eigenvalue weighted by atomic mass is 19.1. The van der Waals surface area contributed by atoms with E-state index >= 15 is 0 Å². The van der Waals surface area contributed by atoms with Crippen LogP contribution in [-0.2, 0) is 0 Å². The SMILES string of the molecule is Nc1c(F)cccc1-c1cccnc1. The third-order valence-electron chi connectivity index (χ3n) is 2.03. The summed E-state index contributed by atoms with van der Waals surface area (Å²) < 4.78 is 13.1. The predicted molar refractivity (Wildman–Crippen MR) is 54.0 cm³/mol. The molecule has 0 aliphatic carbocycles. The first kappa shape index (κ1) is 8.69. The van der Waals surface area contributed by atoms with Gasteiger partial charge < -0.3 is 5.73 Å². The first-order valence-electron chi connectivity index (χ1n) is 4.23. The van der Waals surface area contributed by atoms with Crippen LogP contribution >= 0.6 is 0 Å². The molecule has 0 bridgehead atoms. The van der Waals surface area contributed by atoms with Crippen LogP contribution in [0.3, 0.4) is 0 Å². The molecular formula is C11H9FN2. The van der Waals surface area contributed by atoms with Crippen LogP contribution in [0.15, 0.2) is 42.7 Å². The summed E-state index contributed by atoms with van der Waals surface area (Å²) in [6.45, 7) is 0. The Balaban J connectivity index is 2.58. The number of para-hydroxylation sites is 1. The summed E-state index contributed by atoms with van der Waals surface area (Å²) in [5.74, 6) is -0.397. The van der Waals surface area contributed by atoms with Crippen LogP contribution < -0.4 is 5.73 Å². The minimum absolute atomic E-state index is 0.167. The lowest BCUT2D eigenvalue weighted by Gasteiger charge is -2.05. The second-order valence-electron chi connectivity index (χ2n) is 2.94. The van der Waals surface area contributed by atoms with Gasteiger partial charge in [-0.2, -0.15) is 0 Å². The lowest BCUT2D eigenvalue weighted by Crippen LogP contribution is -1.93. The smallest absolute Gasteiger partial charge is 0.146 e. The van der Waals surface area contributed by atoms with Crippen molar-refractivity contribution in [1.29, 1.82) is 0 Å². The number of hydrogen-bond acceptors (Lipinski definition) is 2. The van der Waals surface area contributed by atoms with Crippen molar-refractivity contribution < 1.29 is 4.39 Å². The summed E-state index contributed by atoms with van der Waals surface area (Å²) in [7, 11) is 0. The molecule has 0 unspecified atom stereocenters. The van der Waals surface area contributed by atoms with Crippen LogP contribution in [0.4, 0.5) is 10.1 Å². The first-order chi connectivity index (χ1) is 6.79. The Kier molecular flexibility index (Phi) is 2.14. The molecule has 1 aromatic carbocycles. The van der Waals surface area contributed by atoms with Gasteiger partial charge in [-0.15, -0.1) is 0 Å². The molecule has 0 fully saturated rings. The summed E-state index contributed by atoms with van der Waals surface area (Å²) >= 11 is 0. The second-order valence-corrected chi connectivity index (χ2v) is 2.94. The van der Waals surface area contributed by atoms with Crippen molar-refractivity contribution in [2.75, 3.05) is 5.73 Å².